The first-order chi connectivity index (χ1) is 17.9. The van der Waals surface area contributed by atoms with Gasteiger partial charge in [-0.05, 0) is 58.2 Å². The number of thiazole rings is 1. The summed E-state index contributed by atoms with van der Waals surface area (Å²) in [4.78, 5) is 36.6. The van der Waals surface area contributed by atoms with Crippen LogP contribution in [0.5, 0.6) is 0 Å². The molecule has 1 aromatic heterocycles. The first-order valence-electron chi connectivity index (χ1n) is 14.4. The maximum absolute atomic E-state index is 13.4. The summed E-state index contributed by atoms with van der Waals surface area (Å²) < 4.78 is 17.8. The first kappa shape index (κ1) is 35.5. The minimum atomic E-state index is -2.25. The molecule has 0 saturated carbocycles. The summed E-state index contributed by atoms with van der Waals surface area (Å²) in [5.41, 5.74) is -0.387. The molecule has 0 fully saturated rings. The van der Waals surface area contributed by atoms with Crippen molar-refractivity contribution in [2.45, 2.75) is 137 Å². The van der Waals surface area contributed by atoms with Gasteiger partial charge in [-0.1, -0.05) is 60.8 Å². The van der Waals surface area contributed by atoms with Crippen molar-refractivity contribution in [2.24, 2.45) is 5.92 Å². The van der Waals surface area contributed by atoms with E-state index in [0.717, 1.165) is 25.7 Å². The number of hydrogen-bond donors (Lipinski definition) is 0. The fraction of sp³-hybridized carbons (Fsp3) is 0.828. The lowest BCUT2D eigenvalue weighted by atomic mass is 9.98. The van der Waals surface area contributed by atoms with Crippen LogP contribution in [0, 0.1) is 5.92 Å². The van der Waals surface area contributed by atoms with E-state index in [1.165, 1.54) is 16.4 Å². The van der Waals surface area contributed by atoms with E-state index < -0.39 is 32.1 Å². The average Bonchev–Trinajstić information content (AvgIpc) is 3.28. The highest BCUT2D eigenvalue weighted by Crippen LogP contribution is 2.42. The van der Waals surface area contributed by atoms with Crippen LogP contribution in [0.2, 0.25) is 18.1 Å². The fourth-order valence-electron chi connectivity index (χ4n) is 3.61. The average molecular weight is 587 g/mol. The monoisotopic (exact) mass is 586 g/mol. The molecule has 0 radical (unpaired) electrons. The highest BCUT2D eigenvalue weighted by molar-refractivity contribution is 7.09. The van der Waals surface area contributed by atoms with Crippen LogP contribution in [0.25, 0.3) is 0 Å². The molecule has 1 heterocycles. The topological polar surface area (TPSA) is 87.2 Å². The second-order valence-electron chi connectivity index (χ2n) is 12.9. The first-order valence-corrected chi connectivity index (χ1v) is 18.2. The Morgan fingerprint density at radius 2 is 1.69 bits per heavy atom. The van der Waals surface area contributed by atoms with Crippen LogP contribution < -0.4 is 0 Å². The summed E-state index contributed by atoms with van der Waals surface area (Å²) in [7, 11) is -2.25. The second kappa shape index (κ2) is 15.5. The Balaban J connectivity index is 3.42. The van der Waals surface area contributed by atoms with Gasteiger partial charge in [0, 0.05) is 11.8 Å². The zero-order valence-electron chi connectivity index (χ0n) is 26.5. The molecule has 0 aliphatic heterocycles. The molecule has 0 unspecified atom stereocenters. The molecule has 0 aliphatic carbocycles. The Morgan fingerprint density at radius 3 is 2.21 bits per heavy atom. The minimum Gasteiger partial charge on any atom is -0.461 e. The van der Waals surface area contributed by atoms with Crippen molar-refractivity contribution in [1.82, 2.24) is 10.0 Å². The van der Waals surface area contributed by atoms with Gasteiger partial charge in [0.1, 0.15) is 10.6 Å². The van der Waals surface area contributed by atoms with Crippen molar-refractivity contribution in [2.75, 3.05) is 13.2 Å². The number of nitrogens with zero attached hydrogens (tertiary/aromatic N) is 2. The van der Waals surface area contributed by atoms with Crippen molar-refractivity contribution < 1.29 is 28.3 Å². The lowest BCUT2D eigenvalue weighted by Crippen LogP contribution is -2.48. The number of ether oxygens (including phenoxy) is 2. The van der Waals surface area contributed by atoms with E-state index in [2.05, 4.69) is 59.6 Å². The van der Waals surface area contributed by atoms with E-state index in [-0.39, 0.29) is 29.3 Å². The summed E-state index contributed by atoms with van der Waals surface area (Å²) in [6, 6.07) is -0.337. The lowest BCUT2D eigenvalue weighted by molar-refractivity contribution is -0.184. The molecule has 0 spiro atoms. The molecule has 0 saturated heterocycles. The van der Waals surface area contributed by atoms with Gasteiger partial charge in [0.25, 0.3) is 0 Å². The number of amides is 1. The Labute approximate surface area is 242 Å². The number of hydroxylamine groups is 2. The number of esters is 1. The Kier molecular flexibility index (Phi) is 14.1. The van der Waals surface area contributed by atoms with E-state index in [4.69, 9.17) is 18.7 Å². The van der Waals surface area contributed by atoms with Crippen LogP contribution in [-0.4, -0.2) is 55.3 Å². The van der Waals surface area contributed by atoms with Crippen LogP contribution >= 0.6 is 11.3 Å². The smallest absolute Gasteiger partial charge is 0.434 e. The van der Waals surface area contributed by atoms with Crippen LogP contribution in [0.3, 0.4) is 0 Å². The molecule has 0 N–H and O–H groups in total. The van der Waals surface area contributed by atoms with Gasteiger partial charge < -0.3 is 13.9 Å². The SMILES string of the molecule is CCCCCCON(C(=O)OC(C)(C)C)[C@H](C[C@@H](O[Si](C)(C)C(C)(C)C)c1nc(C(=O)OCC)cs1)C(C)C. The van der Waals surface area contributed by atoms with Crippen LogP contribution in [0.4, 0.5) is 4.79 Å². The maximum atomic E-state index is 13.4. The summed E-state index contributed by atoms with van der Waals surface area (Å²) in [5, 5.41) is 3.79. The Bertz CT molecular complexity index is 891. The second-order valence-corrected chi connectivity index (χ2v) is 18.6. The molecule has 39 heavy (non-hydrogen) atoms. The minimum absolute atomic E-state index is 0.0412. The third-order valence-electron chi connectivity index (χ3n) is 6.85. The van der Waals surface area contributed by atoms with Crippen molar-refractivity contribution in [1.29, 1.82) is 0 Å². The molecule has 2 atom stereocenters. The Hall–Kier alpha value is -1.49. The highest BCUT2D eigenvalue weighted by Gasteiger charge is 2.42. The lowest BCUT2D eigenvalue weighted by Gasteiger charge is -2.41. The number of rotatable bonds is 15. The van der Waals surface area contributed by atoms with Crippen molar-refractivity contribution >= 4 is 31.7 Å². The van der Waals surface area contributed by atoms with Gasteiger partial charge in [0.05, 0.1) is 25.4 Å². The zero-order valence-corrected chi connectivity index (χ0v) is 28.3. The molecule has 1 aromatic rings. The van der Waals surface area contributed by atoms with E-state index in [0.29, 0.717) is 18.0 Å². The molecule has 0 bridgehead atoms. The quantitative estimate of drug-likeness (QED) is 0.0880. The summed E-state index contributed by atoms with van der Waals surface area (Å²) in [5.74, 6) is -0.402. The van der Waals surface area contributed by atoms with Crippen LogP contribution in [0.15, 0.2) is 5.38 Å². The molecule has 1 rings (SSSR count). The largest absolute Gasteiger partial charge is 0.461 e. The van der Waals surface area contributed by atoms with E-state index in [9.17, 15) is 9.59 Å². The molecular formula is C29H54N2O6SSi. The standard InChI is InChI=1S/C29H54N2O6SSi/c1-13-15-16-17-18-35-31(27(33)36-28(5,6)7)23(21(3)4)19-24(37-39(11,12)29(8,9)10)25-30-22(20-38-25)26(32)34-14-2/h20-21,23-24H,13-19H2,1-12H3/t23-,24-/m1/s1. The van der Waals surface area contributed by atoms with E-state index >= 15 is 0 Å². The van der Waals surface area contributed by atoms with Crippen molar-refractivity contribution in [3.05, 3.63) is 16.1 Å². The molecule has 226 valence electrons. The van der Waals surface area contributed by atoms with Gasteiger partial charge in [-0.25, -0.2) is 14.6 Å². The Morgan fingerprint density at radius 1 is 1.05 bits per heavy atom. The molecule has 8 nitrogen and oxygen atoms in total. The predicted molar refractivity (Wildman–Crippen MR) is 161 cm³/mol. The van der Waals surface area contributed by atoms with E-state index in [1.54, 1.807) is 12.3 Å². The maximum Gasteiger partial charge on any atom is 0.434 e. The van der Waals surface area contributed by atoms with Gasteiger partial charge in [0.2, 0.25) is 0 Å². The van der Waals surface area contributed by atoms with Gasteiger partial charge in [0.15, 0.2) is 14.0 Å². The normalized spacial score (nSPS) is 14.3. The van der Waals surface area contributed by atoms with Gasteiger partial charge in [-0.15, -0.1) is 11.3 Å². The molecule has 10 heteroatoms. The van der Waals surface area contributed by atoms with Crippen LogP contribution in [-0.2, 0) is 18.7 Å². The van der Waals surface area contributed by atoms with Gasteiger partial charge in [-0.3, -0.25) is 4.84 Å². The van der Waals surface area contributed by atoms with Gasteiger partial charge >= 0.3 is 12.1 Å². The number of unbranched alkanes of at least 4 members (excludes halogenated alkanes) is 3. The molecule has 0 aliphatic rings. The molecule has 1 amide bonds. The third kappa shape index (κ3) is 11.9. The zero-order chi connectivity index (χ0) is 30.0. The van der Waals surface area contributed by atoms with Gasteiger partial charge in [-0.2, -0.15) is 5.06 Å². The van der Waals surface area contributed by atoms with Crippen LogP contribution in [0.1, 0.15) is 123 Å². The number of aromatic nitrogens is 1. The molecular weight excluding hydrogens is 532 g/mol. The third-order valence-corrected chi connectivity index (χ3v) is 12.3. The summed E-state index contributed by atoms with van der Waals surface area (Å²) >= 11 is 1.38. The number of carbonyl (C=O) groups excluding carboxylic acids is 2. The summed E-state index contributed by atoms with van der Waals surface area (Å²) in [6.07, 6.45) is 3.66. The number of hydrogen-bond acceptors (Lipinski definition) is 8. The van der Waals surface area contributed by atoms with Crippen molar-refractivity contribution in [3.63, 3.8) is 0 Å². The molecule has 0 aromatic carbocycles. The van der Waals surface area contributed by atoms with E-state index in [1.807, 2.05) is 20.8 Å². The fourth-order valence-corrected chi connectivity index (χ4v) is 5.79. The highest BCUT2D eigenvalue weighted by atomic mass is 32.1. The predicted octanol–water partition coefficient (Wildman–Crippen LogP) is 8.55. The summed E-state index contributed by atoms with van der Waals surface area (Å²) in [6.45, 7) is 25.3. The van der Waals surface area contributed by atoms with Crippen molar-refractivity contribution in [3.8, 4) is 0 Å². The number of carbonyl (C=O) groups is 2.